The van der Waals surface area contributed by atoms with E-state index in [4.69, 9.17) is 4.98 Å². The third-order valence-electron chi connectivity index (χ3n) is 3.10. The highest BCUT2D eigenvalue weighted by atomic mass is 32.1. The summed E-state index contributed by atoms with van der Waals surface area (Å²) < 4.78 is 0. The first-order valence-electron chi connectivity index (χ1n) is 5.81. The third kappa shape index (κ3) is 1.96. The Labute approximate surface area is 104 Å². The quantitative estimate of drug-likeness (QED) is 0.882. The fourth-order valence-corrected chi connectivity index (χ4v) is 3.37. The zero-order valence-electron chi connectivity index (χ0n) is 9.68. The van der Waals surface area contributed by atoms with Gasteiger partial charge in [0.2, 0.25) is 0 Å². The smallest absolute Gasteiger partial charge is 0.142 e. The second-order valence-electron chi connectivity index (χ2n) is 4.16. The number of thiazole rings is 1. The number of hydrogen-bond acceptors (Lipinski definition) is 5. The van der Waals surface area contributed by atoms with Gasteiger partial charge in [-0.05, 0) is 32.4 Å². The van der Waals surface area contributed by atoms with Gasteiger partial charge in [0.25, 0.3) is 0 Å². The summed E-state index contributed by atoms with van der Waals surface area (Å²) in [5.41, 5.74) is 2.15. The van der Waals surface area contributed by atoms with Crippen LogP contribution in [0, 0.1) is 0 Å². The minimum atomic E-state index is 0.408. The predicted octanol–water partition coefficient (Wildman–Crippen LogP) is 2.20. The second-order valence-corrected chi connectivity index (χ2v) is 5.24. The Morgan fingerprint density at radius 2 is 2.41 bits per heavy atom. The highest BCUT2D eigenvalue weighted by Gasteiger charge is 2.23. The van der Waals surface area contributed by atoms with Gasteiger partial charge in [-0.2, -0.15) is 0 Å². The summed E-state index contributed by atoms with van der Waals surface area (Å²) >= 11 is 1.77. The zero-order valence-corrected chi connectivity index (χ0v) is 10.5. The molecule has 2 heterocycles. The van der Waals surface area contributed by atoms with Gasteiger partial charge < -0.3 is 5.32 Å². The van der Waals surface area contributed by atoms with Crippen molar-refractivity contribution in [1.82, 2.24) is 20.3 Å². The van der Waals surface area contributed by atoms with Gasteiger partial charge in [-0.15, -0.1) is 11.3 Å². The Morgan fingerprint density at radius 1 is 1.47 bits per heavy atom. The first-order valence-corrected chi connectivity index (χ1v) is 6.63. The molecule has 1 aliphatic rings. The average Bonchev–Trinajstić information content (AvgIpc) is 2.83. The van der Waals surface area contributed by atoms with E-state index in [1.165, 1.54) is 23.4 Å². The molecule has 0 spiro atoms. The molecule has 1 unspecified atom stereocenters. The fraction of sp³-hybridized carbons (Fsp3) is 0.417. The molecule has 0 saturated heterocycles. The van der Waals surface area contributed by atoms with Crippen LogP contribution in [0.25, 0.3) is 10.7 Å². The van der Waals surface area contributed by atoms with Crippen molar-refractivity contribution < 1.29 is 0 Å². The van der Waals surface area contributed by atoms with Gasteiger partial charge in [-0.1, -0.05) is 0 Å². The summed E-state index contributed by atoms with van der Waals surface area (Å²) in [7, 11) is 2.00. The zero-order chi connectivity index (χ0) is 11.7. The van der Waals surface area contributed by atoms with Crippen LogP contribution < -0.4 is 5.32 Å². The van der Waals surface area contributed by atoms with Crippen molar-refractivity contribution in [3.63, 3.8) is 0 Å². The summed E-state index contributed by atoms with van der Waals surface area (Å²) in [4.78, 5) is 14.3. The van der Waals surface area contributed by atoms with Crippen molar-refractivity contribution in [2.45, 2.75) is 25.3 Å². The monoisotopic (exact) mass is 246 g/mol. The van der Waals surface area contributed by atoms with Crippen LogP contribution in [0.3, 0.4) is 0 Å². The molecule has 0 radical (unpaired) electrons. The molecule has 0 amide bonds. The van der Waals surface area contributed by atoms with Crippen LogP contribution in [-0.4, -0.2) is 22.0 Å². The molecule has 17 heavy (non-hydrogen) atoms. The van der Waals surface area contributed by atoms with Gasteiger partial charge >= 0.3 is 0 Å². The molecule has 3 rings (SSSR count). The summed E-state index contributed by atoms with van der Waals surface area (Å²) in [5, 5.41) is 4.35. The molecule has 1 N–H and O–H groups in total. The number of aromatic nitrogens is 3. The second kappa shape index (κ2) is 4.50. The van der Waals surface area contributed by atoms with E-state index in [9.17, 15) is 0 Å². The SMILES string of the molecule is CNC1CCCc2sc(-c3ccncn3)nc21. The van der Waals surface area contributed by atoms with E-state index < -0.39 is 0 Å². The summed E-state index contributed by atoms with van der Waals surface area (Å²) in [6.45, 7) is 0. The molecule has 88 valence electrons. The molecule has 0 saturated carbocycles. The van der Waals surface area contributed by atoms with Crippen molar-refractivity contribution in [1.29, 1.82) is 0 Å². The van der Waals surface area contributed by atoms with Gasteiger partial charge in [0.1, 0.15) is 17.0 Å². The minimum absolute atomic E-state index is 0.408. The van der Waals surface area contributed by atoms with Crippen molar-refractivity contribution in [3.05, 3.63) is 29.2 Å². The fourth-order valence-electron chi connectivity index (χ4n) is 2.23. The minimum Gasteiger partial charge on any atom is -0.312 e. The molecular weight excluding hydrogens is 232 g/mol. The Morgan fingerprint density at radius 3 is 3.18 bits per heavy atom. The largest absolute Gasteiger partial charge is 0.312 e. The van der Waals surface area contributed by atoms with Crippen molar-refractivity contribution in [2.24, 2.45) is 0 Å². The Hall–Kier alpha value is -1.33. The van der Waals surface area contributed by atoms with E-state index in [0.717, 1.165) is 17.1 Å². The lowest BCUT2D eigenvalue weighted by atomic mass is 9.98. The van der Waals surface area contributed by atoms with Crippen LogP contribution in [-0.2, 0) is 6.42 Å². The van der Waals surface area contributed by atoms with Gasteiger partial charge in [0.15, 0.2) is 0 Å². The van der Waals surface area contributed by atoms with Crippen molar-refractivity contribution in [2.75, 3.05) is 7.05 Å². The van der Waals surface area contributed by atoms with Crippen molar-refractivity contribution in [3.8, 4) is 10.7 Å². The number of aryl methyl sites for hydroxylation is 1. The lowest BCUT2D eigenvalue weighted by molar-refractivity contribution is 0.490. The molecule has 2 aromatic rings. The summed E-state index contributed by atoms with van der Waals surface area (Å²) in [5.74, 6) is 0. The molecule has 0 fully saturated rings. The summed E-state index contributed by atoms with van der Waals surface area (Å²) in [6.07, 6.45) is 6.90. The summed E-state index contributed by atoms with van der Waals surface area (Å²) in [6, 6.07) is 2.32. The maximum absolute atomic E-state index is 4.74. The lowest BCUT2D eigenvalue weighted by Gasteiger charge is -2.19. The molecule has 5 heteroatoms. The average molecular weight is 246 g/mol. The maximum Gasteiger partial charge on any atom is 0.142 e. The number of fused-ring (bicyclic) bond motifs is 1. The standard InChI is InChI=1S/C12H14N4S/c1-13-8-3-2-4-10-11(8)16-12(17-10)9-5-6-14-7-15-9/h5-8,13H,2-4H2,1H3. The number of nitrogens with one attached hydrogen (secondary N) is 1. The van der Waals surface area contributed by atoms with E-state index in [1.54, 1.807) is 23.9 Å². The highest BCUT2D eigenvalue weighted by molar-refractivity contribution is 7.15. The van der Waals surface area contributed by atoms with Crippen molar-refractivity contribution >= 4 is 11.3 Å². The molecule has 4 nitrogen and oxygen atoms in total. The molecule has 1 aliphatic carbocycles. The first kappa shape index (κ1) is 10.8. The van der Waals surface area contributed by atoms with E-state index in [2.05, 4.69) is 15.3 Å². The van der Waals surface area contributed by atoms with Gasteiger partial charge in [0, 0.05) is 11.1 Å². The van der Waals surface area contributed by atoms with Crippen LogP contribution in [0.15, 0.2) is 18.6 Å². The topological polar surface area (TPSA) is 50.7 Å². The maximum atomic E-state index is 4.74. The normalized spacial score (nSPS) is 19.0. The Balaban J connectivity index is 2.02. The van der Waals surface area contributed by atoms with Crippen LogP contribution in [0.1, 0.15) is 29.5 Å². The predicted molar refractivity (Wildman–Crippen MR) is 67.9 cm³/mol. The molecule has 2 aromatic heterocycles. The van der Waals surface area contributed by atoms with E-state index >= 15 is 0 Å². The van der Waals surface area contributed by atoms with Gasteiger partial charge in [0.05, 0.1) is 11.7 Å². The van der Waals surface area contributed by atoms with E-state index in [1.807, 2.05) is 13.1 Å². The molecular formula is C12H14N4S. The van der Waals surface area contributed by atoms with E-state index in [0.29, 0.717) is 6.04 Å². The Kier molecular flexibility index (Phi) is 2.86. The lowest BCUT2D eigenvalue weighted by Crippen LogP contribution is -2.21. The molecule has 0 bridgehead atoms. The molecule has 0 aromatic carbocycles. The number of rotatable bonds is 2. The third-order valence-corrected chi connectivity index (χ3v) is 4.26. The number of hydrogen-bond donors (Lipinski definition) is 1. The van der Waals surface area contributed by atoms with Crippen LogP contribution >= 0.6 is 11.3 Å². The Bertz CT molecular complexity index is 508. The van der Waals surface area contributed by atoms with Crippen LogP contribution in [0.5, 0.6) is 0 Å². The number of nitrogens with zero attached hydrogens (tertiary/aromatic N) is 3. The first-order chi connectivity index (χ1) is 8.38. The van der Waals surface area contributed by atoms with Gasteiger partial charge in [-0.3, -0.25) is 0 Å². The van der Waals surface area contributed by atoms with Gasteiger partial charge in [-0.25, -0.2) is 15.0 Å². The highest BCUT2D eigenvalue weighted by Crippen LogP contribution is 2.36. The van der Waals surface area contributed by atoms with Crippen LogP contribution in [0.4, 0.5) is 0 Å². The van der Waals surface area contributed by atoms with E-state index in [-0.39, 0.29) is 0 Å². The molecule has 1 atom stereocenters. The molecule has 0 aliphatic heterocycles. The van der Waals surface area contributed by atoms with Crippen LogP contribution in [0.2, 0.25) is 0 Å².